The molecule has 0 aliphatic heterocycles. The van der Waals surface area contributed by atoms with Gasteiger partial charge in [0.25, 0.3) is 0 Å². The number of aliphatic hydroxyl groups is 1. The van der Waals surface area contributed by atoms with Crippen LogP contribution in [0.3, 0.4) is 0 Å². The van der Waals surface area contributed by atoms with Crippen LogP contribution >= 0.6 is 0 Å². The van der Waals surface area contributed by atoms with Crippen molar-refractivity contribution in [2.45, 2.75) is 6.10 Å². The molecular formula is C15H20NO2+. The summed E-state index contributed by atoms with van der Waals surface area (Å²) in [6.45, 7) is 1.02. The van der Waals surface area contributed by atoms with E-state index in [1.807, 2.05) is 44.4 Å². The maximum atomic E-state index is 9.81. The molecule has 18 heavy (non-hydrogen) atoms. The predicted octanol–water partition coefficient (Wildman–Crippen LogP) is 0.724. The van der Waals surface area contributed by atoms with Crippen LogP contribution in [0.5, 0.6) is 5.75 Å². The van der Waals surface area contributed by atoms with Gasteiger partial charge in [0.2, 0.25) is 0 Å². The van der Waals surface area contributed by atoms with Crippen molar-refractivity contribution in [2.24, 2.45) is 0 Å². The SMILES string of the molecule is C[NH+](C)C[C@@H](O)COc1cccc2ccccc12. The number of fused-ring (bicyclic) bond motifs is 1. The van der Waals surface area contributed by atoms with E-state index < -0.39 is 6.10 Å². The van der Waals surface area contributed by atoms with E-state index in [2.05, 4.69) is 12.1 Å². The molecule has 0 heterocycles. The molecule has 0 saturated carbocycles. The van der Waals surface area contributed by atoms with Gasteiger partial charge in [-0.25, -0.2) is 0 Å². The van der Waals surface area contributed by atoms with Gasteiger partial charge in [-0.1, -0.05) is 36.4 Å². The van der Waals surface area contributed by atoms with E-state index in [0.29, 0.717) is 13.2 Å². The molecule has 0 spiro atoms. The Labute approximate surface area is 108 Å². The number of hydrogen-bond donors (Lipinski definition) is 2. The van der Waals surface area contributed by atoms with Gasteiger partial charge in [-0.15, -0.1) is 0 Å². The lowest BCUT2D eigenvalue weighted by Gasteiger charge is -2.15. The second kappa shape index (κ2) is 5.85. The summed E-state index contributed by atoms with van der Waals surface area (Å²) in [4.78, 5) is 1.21. The highest BCUT2D eigenvalue weighted by atomic mass is 16.5. The number of benzene rings is 2. The summed E-state index contributed by atoms with van der Waals surface area (Å²) in [7, 11) is 4.03. The molecule has 2 aromatic rings. The maximum absolute atomic E-state index is 9.81. The Bertz CT molecular complexity index is 505. The standard InChI is InChI=1S/C15H19NO2/c1-16(2)10-13(17)11-18-15-9-5-7-12-6-3-4-8-14(12)15/h3-9,13,17H,10-11H2,1-2H3/p+1/t13-/m1/s1. The number of likely N-dealkylation sites (N-methyl/N-ethyl adjacent to an activating group) is 1. The zero-order valence-electron chi connectivity index (χ0n) is 10.9. The molecule has 0 aliphatic carbocycles. The Hall–Kier alpha value is -1.58. The number of ether oxygens (including phenoxy) is 1. The minimum atomic E-state index is -0.436. The molecule has 0 unspecified atom stereocenters. The van der Waals surface area contributed by atoms with Gasteiger partial charge in [-0.2, -0.15) is 0 Å². The van der Waals surface area contributed by atoms with Crippen molar-refractivity contribution in [3.8, 4) is 5.75 Å². The van der Waals surface area contributed by atoms with Crippen LogP contribution in [0.25, 0.3) is 10.8 Å². The van der Waals surface area contributed by atoms with Crippen LogP contribution in [0, 0.1) is 0 Å². The van der Waals surface area contributed by atoms with Crippen LogP contribution in [0.1, 0.15) is 0 Å². The largest absolute Gasteiger partial charge is 0.490 e. The van der Waals surface area contributed by atoms with Gasteiger partial charge in [-0.3, -0.25) is 0 Å². The fourth-order valence-electron chi connectivity index (χ4n) is 2.04. The van der Waals surface area contributed by atoms with Crippen LogP contribution in [0.2, 0.25) is 0 Å². The smallest absolute Gasteiger partial charge is 0.137 e. The fourth-order valence-corrected chi connectivity index (χ4v) is 2.04. The van der Waals surface area contributed by atoms with Gasteiger partial charge >= 0.3 is 0 Å². The Morgan fingerprint density at radius 2 is 1.83 bits per heavy atom. The van der Waals surface area contributed by atoms with E-state index in [9.17, 15) is 5.11 Å². The van der Waals surface area contributed by atoms with Crippen LogP contribution in [0.15, 0.2) is 42.5 Å². The van der Waals surface area contributed by atoms with Crippen molar-refractivity contribution >= 4 is 10.8 Å². The van der Waals surface area contributed by atoms with E-state index >= 15 is 0 Å². The lowest BCUT2D eigenvalue weighted by Crippen LogP contribution is -3.07. The van der Waals surface area contributed by atoms with Gasteiger partial charge in [0.15, 0.2) is 0 Å². The van der Waals surface area contributed by atoms with E-state index in [4.69, 9.17) is 4.74 Å². The Morgan fingerprint density at radius 3 is 2.61 bits per heavy atom. The highest BCUT2D eigenvalue weighted by molar-refractivity contribution is 5.88. The lowest BCUT2D eigenvalue weighted by molar-refractivity contribution is -0.861. The van der Waals surface area contributed by atoms with Crippen molar-refractivity contribution in [2.75, 3.05) is 27.2 Å². The van der Waals surface area contributed by atoms with Gasteiger partial charge in [0.05, 0.1) is 14.1 Å². The van der Waals surface area contributed by atoms with Crippen molar-refractivity contribution < 1.29 is 14.7 Å². The first-order chi connectivity index (χ1) is 8.66. The molecule has 2 rings (SSSR count). The normalized spacial score (nSPS) is 12.9. The van der Waals surface area contributed by atoms with Gasteiger partial charge in [0, 0.05) is 5.39 Å². The molecule has 2 N–H and O–H groups in total. The molecular weight excluding hydrogens is 226 g/mol. The summed E-state index contributed by atoms with van der Waals surface area (Å²) in [6, 6.07) is 14.1. The zero-order chi connectivity index (χ0) is 13.0. The van der Waals surface area contributed by atoms with E-state index in [1.165, 1.54) is 4.90 Å². The average Bonchev–Trinajstić information content (AvgIpc) is 2.35. The maximum Gasteiger partial charge on any atom is 0.137 e. The Kier molecular flexibility index (Phi) is 4.18. The van der Waals surface area contributed by atoms with Crippen molar-refractivity contribution in [3.63, 3.8) is 0 Å². The van der Waals surface area contributed by atoms with Crippen molar-refractivity contribution in [3.05, 3.63) is 42.5 Å². The van der Waals surface area contributed by atoms with Crippen LogP contribution in [0.4, 0.5) is 0 Å². The monoisotopic (exact) mass is 246 g/mol. The van der Waals surface area contributed by atoms with Gasteiger partial charge in [-0.05, 0) is 11.5 Å². The Balaban J connectivity index is 2.08. The summed E-state index contributed by atoms with van der Waals surface area (Å²) < 4.78 is 5.72. The summed E-state index contributed by atoms with van der Waals surface area (Å²) in [5, 5.41) is 12.0. The average molecular weight is 246 g/mol. The number of nitrogens with one attached hydrogen (secondary N) is 1. The topological polar surface area (TPSA) is 33.9 Å². The van der Waals surface area contributed by atoms with Gasteiger partial charge in [0.1, 0.15) is 25.0 Å². The molecule has 0 fully saturated rings. The first-order valence-corrected chi connectivity index (χ1v) is 6.24. The number of aliphatic hydroxyl groups excluding tert-OH is 1. The molecule has 0 bridgehead atoms. The molecule has 3 heteroatoms. The molecule has 96 valence electrons. The molecule has 3 nitrogen and oxygen atoms in total. The molecule has 0 amide bonds. The highest BCUT2D eigenvalue weighted by Gasteiger charge is 2.10. The number of quaternary nitrogens is 1. The molecule has 1 atom stereocenters. The minimum absolute atomic E-state index is 0.333. The second-order valence-corrected chi connectivity index (χ2v) is 4.85. The minimum Gasteiger partial charge on any atom is -0.490 e. The first-order valence-electron chi connectivity index (χ1n) is 6.24. The van der Waals surface area contributed by atoms with Crippen LogP contribution < -0.4 is 9.64 Å². The summed E-state index contributed by atoms with van der Waals surface area (Å²) in [5.41, 5.74) is 0. The molecule has 0 aromatic heterocycles. The third kappa shape index (κ3) is 3.22. The third-order valence-corrected chi connectivity index (χ3v) is 2.82. The van der Waals surface area contributed by atoms with E-state index in [-0.39, 0.29) is 0 Å². The number of rotatable bonds is 5. The van der Waals surface area contributed by atoms with Crippen LogP contribution in [-0.4, -0.2) is 38.5 Å². The molecule has 0 aliphatic rings. The van der Waals surface area contributed by atoms with E-state index in [1.54, 1.807) is 0 Å². The van der Waals surface area contributed by atoms with Crippen molar-refractivity contribution in [1.29, 1.82) is 0 Å². The first kappa shape index (κ1) is 12.9. The summed E-state index contributed by atoms with van der Waals surface area (Å²) >= 11 is 0. The Morgan fingerprint density at radius 1 is 1.11 bits per heavy atom. The van der Waals surface area contributed by atoms with Crippen LogP contribution in [-0.2, 0) is 0 Å². The third-order valence-electron chi connectivity index (χ3n) is 2.82. The summed E-state index contributed by atoms with van der Waals surface area (Å²) in [5.74, 6) is 0.834. The summed E-state index contributed by atoms with van der Waals surface area (Å²) in [6.07, 6.45) is -0.436. The number of hydrogen-bond acceptors (Lipinski definition) is 2. The lowest BCUT2D eigenvalue weighted by atomic mass is 10.1. The molecule has 0 saturated heterocycles. The second-order valence-electron chi connectivity index (χ2n) is 4.85. The fraction of sp³-hybridized carbons (Fsp3) is 0.333. The van der Waals surface area contributed by atoms with Crippen molar-refractivity contribution in [1.82, 2.24) is 0 Å². The predicted molar refractivity (Wildman–Crippen MR) is 73.1 cm³/mol. The zero-order valence-corrected chi connectivity index (χ0v) is 10.9. The van der Waals surface area contributed by atoms with Gasteiger partial charge < -0.3 is 14.7 Å². The molecule has 0 radical (unpaired) electrons. The quantitative estimate of drug-likeness (QED) is 0.815. The van der Waals surface area contributed by atoms with E-state index in [0.717, 1.165) is 16.5 Å². The highest BCUT2D eigenvalue weighted by Crippen LogP contribution is 2.25. The molecule has 2 aromatic carbocycles.